The smallest absolute Gasteiger partial charge is 0.119 e. The molecule has 0 fully saturated rings. The lowest BCUT2D eigenvalue weighted by Gasteiger charge is -2.20. The lowest BCUT2D eigenvalue weighted by Crippen LogP contribution is -2.19. The minimum atomic E-state index is 0.162. The van der Waals surface area contributed by atoms with Crippen LogP contribution in [0.1, 0.15) is 22.7 Å². The molecular weight excluding hydrogens is 350 g/mol. The monoisotopic (exact) mass is 367 g/mol. The molecule has 2 nitrogen and oxygen atoms in total. The van der Waals surface area contributed by atoms with Gasteiger partial charge in [0.05, 0.1) is 7.11 Å². The number of aryl methyl sites for hydroxylation is 1. The van der Waals surface area contributed by atoms with Gasteiger partial charge in [0.25, 0.3) is 0 Å². The van der Waals surface area contributed by atoms with E-state index in [1.807, 2.05) is 38.2 Å². The van der Waals surface area contributed by atoms with Gasteiger partial charge >= 0.3 is 0 Å². The fourth-order valence-electron chi connectivity index (χ4n) is 2.32. The number of hydrogen-bond donors (Lipinski definition) is 1. The zero-order chi connectivity index (χ0) is 15.4. The summed E-state index contributed by atoms with van der Waals surface area (Å²) < 4.78 is 6.38. The number of nitrogens with one attached hydrogen (secondary N) is 1. The largest absolute Gasteiger partial charge is 0.497 e. The minimum Gasteiger partial charge on any atom is -0.497 e. The molecule has 0 saturated heterocycles. The van der Waals surface area contributed by atoms with E-state index < -0.39 is 0 Å². The molecule has 0 spiro atoms. The minimum absolute atomic E-state index is 0.162. The third-order valence-corrected chi connectivity index (χ3v) is 4.63. The Balaban J connectivity index is 2.31. The first-order chi connectivity index (χ1) is 10.0. The molecule has 0 radical (unpaired) electrons. The maximum Gasteiger partial charge on any atom is 0.119 e. The maximum absolute atomic E-state index is 6.35. The molecule has 2 aromatic carbocycles. The van der Waals surface area contributed by atoms with Gasteiger partial charge in [-0.25, -0.2) is 0 Å². The Morgan fingerprint density at radius 3 is 2.62 bits per heavy atom. The summed E-state index contributed by atoms with van der Waals surface area (Å²) in [4.78, 5) is 0. The van der Waals surface area contributed by atoms with E-state index in [2.05, 4.69) is 33.4 Å². The highest BCUT2D eigenvalue weighted by molar-refractivity contribution is 9.10. The summed E-state index contributed by atoms with van der Waals surface area (Å²) in [6.45, 7) is 2.05. The Morgan fingerprint density at radius 2 is 2.00 bits per heavy atom. The highest BCUT2D eigenvalue weighted by atomic mass is 79.9. The third kappa shape index (κ3) is 4.00. The second kappa shape index (κ2) is 7.30. The summed E-state index contributed by atoms with van der Waals surface area (Å²) in [5.74, 6) is 0.850. The van der Waals surface area contributed by atoms with E-state index in [0.717, 1.165) is 32.8 Å². The van der Waals surface area contributed by atoms with Gasteiger partial charge < -0.3 is 10.1 Å². The molecule has 0 aromatic heterocycles. The maximum atomic E-state index is 6.35. The Bertz CT molecular complexity index is 630. The van der Waals surface area contributed by atoms with E-state index >= 15 is 0 Å². The number of halogens is 2. The molecule has 4 heteroatoms. The quantitative estimate of drug-likeness (QED) is 0.808. The number of methoxy groups -OCH3 is 1. The molecule has 2 aromatic rings. The van der Waals surface area contributed by atoms with Gasteiger partial charge in [0, 0.05) is 15.5 Å². The molecule has 21 heavy (non-hydrogen) atoms. The zero-order valence-corrected chi connectivity index (χ0v) is 14.8. The number of likely N-dealkylation sites (N-methyl/N-ethyl adjacent to an activating group) is 1. The second-order valence-corrected chi connectivity index (χ2v) is 6.29. The Labute approximate surface area is 139 Å². The van der Waals surface area contributed by atoms with E-state index in [0.29, 0.717) is 0 Å². The third-order valence-electron chi connectivity index (χ3n) is 3.56. The van der Waals surface area contributed by atoms with Crippen LogP contribution in [0.3, 0.4) is 0 Å². The van der Waals surface area contributed by atoms with Crippen LogP contribution in [0.25, 0.3) is 0 Å². The first-order valence-electron chi connectivity index (χ1n) is 6.81. The second-order valence-electron chi connectivity index (χ2n) is 5.03. The first kappa shape index (κ1) is 16.3. The summed E-state index contributed by atoms with van der Waals surface area (Å²) in [6.07, 6.45) is 0.821. The Hall–Kier alpha value is -1.03. The fourth-order valence-corrected chi connectivity index (χ4v) is 3.16. The van der Waals surface area contributed by atoms with E-state index in [1.54, 1.807) is 7.11 Å². The molecule has 0 aliphatic rings. The van der Waals surface area contributed by atoms with Crippen LogP contribution >= 0.6 is 27.5 Å². The van der Waals surface area contributed by atoms with Crippen molar-refractivity contribution in [3.05, 3.63) is 62.6 Å². The lowest BCUT2D eigenvalue weighted by atomic mass is 9.98. The van der Waals surface area contributed by atoms with Crippen LogP contribution in [0.15, 0.2) is 40.9 Å². The molecule has 1 N–H and O–H groups in total. The van der Waals surface area contributed by atoms with Crippen LogP contribution in [0.4, 0.5) is 0 Å². The predicted octanol–water partition coefficient (Wildman–Crippen LogP) is 4.92. The van der Waals surface area contributed by atoms with Crippen molar-refractivity contribution in [3.63, 3.8) is 0 Å². The molecular formula is C17H19BrClNO. The van der Waals surface area contributed by atoms with Crippen LogP contribution in [0, 0.1) is 6.92 Å². The van der Waals surface area contributed by atoms with Crippen LogP contribution in [0.2, 0.25) is 5.02 Å². The van der Waals surface area contributed by atoms with Gasteiger partial charge in [0.2, 0.25) is 0 Å². The van der Waals surface area contributed by atoms with Crippen molar-refractivity contribution < 1.29 is 4.74 Å². The summed E-state index contributed by atoms with van der Waals surface area (Å²) in [5.41, 5.74) is 3.47. The number of hydrogen-bond acceptors (Lipinski definition) is 2. The number of benzene rings is 2. The molecule has 1 unspecified atom stereocenters. The topological polar surface area (TPSA) is 21.3 Å². The van der Waals surface area contributed by atoms with Gasteiger partial charge in [-0.1, -0.05) is 39.7 Å². The van der Waals surface area contributed by atoms with Gasteiger partial charge in [0.15, 0.2) is 0 Å². The van der Waals surface area contributed by atoms with Gasteiger partial charge in [0.1, 0.15) is 5.75 Å². The van der Waals surface area contributed by atoms with Gasteiger partial charge in [-0.05, 0) is 61.3 Å². The fraction of sp³-hybridized carbons (Fsp3) is 0.294. The molecule has 0 aliphatic carbocycles. The molecule has 0 aliphatic heterocycles. The van der Waals surface area contributed by atoms with E-state index in [1.165, 1.54) is 5.56 Å². The average Bonchev–Trinajstić information content (AvgIpc) is 2.47. The number of ether oxygens (including phenoxy) is 1. The Kier molecular flexibility index (Phi) is 5.68. The first-order valence-corrected chi connectivity index (χ1v) is 7.98. The van der Waals surface area contributed by atoms with Crippen molar-refractivity contribution in [1.82, 2.24) is 5.32 Å². The lowest BCUT2D eigenvalue weighted by molar-refractivity contribution is 0.413. The van der Waals surface area contributed by atoms with Crippen LogP contribution in [-0.4, -0.2) is 14.2 Å². The van der Waals surface area contributed by atoms with E-state index in [4.69, 9.17) is 16.3 Å². The molecule has 0 amide bonds. The number of rotatable bonds is 5. The van der Waals surface area contributed by atoms with Gasteiger partial charge in [-0.3, -0.25) is 0 Å². The van der Waals surface area contributed by atoms with Crippen molar-refractivity contribution in [2.45, 2.75) is 19.4 Å². The molecule has 2 rings (SSSR count). The highest BCUT2D eigenvalue weighted by Gasteiger charge is 2.16. The van der Waals surface area contributed by atoms with Crippen molar-refractivity contribution in [1.29, 1.82) is 0 Å². The van der Waals surface area contributed by atoms with E-state index in [-0.39, 0.29) is 6.04 Å². The van der Waals surface area contributed by atoms with Crippen LogP contribution in [0.5, 0.6) is 5.75 Å². The standard InChI is InChI=1S/C17H19BrClNO/c1-11-4-5-12(16(19)8-11)9-17(20-2)14-10-13(21-3)6-7-15(14)18/h4-8,10,17,20H,9H2,1-3H3. The molecule has 112 valence electrons. The normalized spacial score (nSPS) is 12.2. The summed E-state index contributed by atoms with van der Waals surface area (Å²) in [7, 11) is 3.64. The van der Waals surface area contributed by atoms with Crippen molar-refractivity contribution in [3.8, 4) is 5.75 Å². The van der Waals surface area contributed by atoms with Gasteiger partial charge in [-0.15, -0.1) is 0 Å². The van der Waals surface area contributed by atoms with Crippen LogP contribution in [-0.2, 0) is 6.42 Å². The van der Waals surface area contributed by atoms with E-state index in [9.17, 15) is 0 Å². The summed E-state index contributed by atoms with van der Waals surface area (Å²) in [6, 6.07) is 12.4. The average molecular weight is 369 g/mol. The SMILES string of the molecule is CNC(Cc1ccc(C)cc1Cl)c1cc(OC)ccc1Br. The zero-order valence-electron chi connectivity index (χ0n) is 12.4. The van der Waals surface area contributed by atoms with Crippen molar-refractivity contribution in [2.24, 2.45) is 0 Å². The Morgan fingerprint density at radius 1 is 1.24 bits per heavy atom. The molecule has 1 atom stereocenters. The van der Waals surface area contributed by atoms with Crippen molar-refractivity contribution >= 4 is 27.5 Å². The molecule has 0 heterocycles. The van der Waals surface area contributed by atoms with Crippen molar-refractivity contribution in [2.75, 3.05) is 14.2 Å². The highest BCUT2D eigenvalue weighted by Crippen LogP contribution is 2.31. The molecule has 0 saturated carbocycles. The summed E-state index contributed by atoms with van der Waals surface area (Å²) >= 11 is 9.97. The summed E-state index contributed by atoms with van der Waals surface area (Å²) in [5, 5.41) is 4.17. The van der Waals surface area contributed by atoms with Crippen LogP contribution < -0.4 is 10.1 Å². The predicted molar refractivity (Wildman–Crippen MR) is 92.4 cm³/mol. The van der Waals surface area contributed by atoms with Gasteiger partial charge in [-0.2, -0.15) is 0 Å². The molecule has 0 bridgehead atoms.